The van der Waals surface area contributed by atoms with Crippen molar-refractivity contribution in [3.05, 3.63) is 90.9 Å². The van der Waals surface area contributed by atoms with E-state index in [-0.39, 0.29) is 18.6 Å². The van der Waals surface area contributed by atoms with Crippen molar-refractivity contribution in [1.82, 2.24) is 9.13 Å². The highest BCUT2D eigenvalue weighted by atomic mass is 35.5. The second-order valence-corrected chi connectivity index (χ2v) is 8.53. The highest BCUT2D eigenvalue weighted by Crippen LogP contribution is 2.23. The molecule has 0 bridgehead atoms. The molecular formula is C23H20ClN3O4S. The van der Waals surface area contributed by atoms with Crippen LogP contribution >= 0.6 is 22.9 Å². The van der Waals surface area contributed by atoms with Crippen LogP contribution in [0.15, 0.2) is 63.5 Å². The van der Waals surface area contributed by atoms with Gasteiger partial charge in [-0.05, 0) is 53.8 Å². The molecule has 0 spiro atoms. The van der Waals surface area contributed by atoms with Gasteiger partial charge in [-0.15, -0.1) is 11.3 Å². The second-order valence-electron chi connectivity index (χ2n) is 7.21. The predicted molar refractivity (Wildman–Crippen MR) is 127 cm³/mol. The molecule has 2 aromatic heterocycles. The van der Waals surface area contributed by atoms with Crippen LogP contribution < -0.4 is 21.3 Å². The summed E-state index contributed by atoms with van der Waals surface area (Å²) >= 11 is 7.37. The van der Waals surface area contributed by atoms with Crippen molar-refractivity contribution < 1.29 is 9.53 Å². The minimum atomic E-state index is -0.554. The van der Waals surface area contributed by atoms with Crippen LogP contribution in [0.3, 0.4) is 0 Å². The SMILES string of the molecule is COc1cccc(Cn2c(=O)c3sccc3n(CC(=O)Nc3cccc(Cl)c3C)c2=O)c1. The molecule has 0 atom stereocenters. The Morgan fingerprint density at radius 1 is 1.12 bits per heavy atom. The molecule has 1 amide bonds. The monoisotopic (exact) mass is 469 g/mol. The number of halogens is 1. The Bertz CT molecular complexity index is 1440. The number of ether oxygens (including phenoxy) is 1. The number of hydrogen-bond donors (Lipinski definition) is 1. The molecule has 7 nitrogen and oxygen atoms in total. The minimum Gasteiger partial charge on any atom is -0.497 e. The number of methoxy groups -OCH3 is 1. The summed E-state index contributed by atoms with van der Waals surface area (Å²) in [4.78, 5) is 39.0. The maximum absolute atomic E-state index is 13.3. The number of rotatable bonds is 6. The summed E-state index contributed by atoms with van der Waals surface area (Å²) < 4.78 is 8.11. The molecule has 0 aliphatic carbocycles. The molecule has 0 fully saturated rings. The van der Waals surface area contributed by atoms with Gasteiger partial charge in [-0.1, -0.05) is 29.8 Å². The van der Waals surface area contributed by atoms with Gasteiger partial charge < -0.3 is 10.1 Å². The van der Waals surface area contributed by atoms with Gasteiger partial charge in [0.2, 0.25) is 5.91 Å². The van der Waals surface area contributed by atoms with Crippen molar-refractivity contribution in [3.8, 4) is 5.75 Å². The number of carbonyl (C=O) groups is 1. The number of hydrogen-bond acceptors (Lipinski definition) is 5. The largest absolute Gasteiger partial charge is 0.497 e. The molecule has 0 aliphatic rings. The zero-order chi connectivity index (χ0) is 22.8. The Morgan fingerprint density at radius 2 is 1.91 bits per heavy atom. The fourth-order valence-corrected chi connectivity index (χ4v) is 4.47. The Hall–Kier alpha value is -3.36. The van der Waals surface area contributed by atoms with E-state index in [0.29, 0.717) is 26.7 Å². The normalized spacial score (nSPS) is 11.0. The minimum absolute atomic E-state index is 0.0672. The summed E-state index contributed by atoms with van der Waals surface area (Å²) in [7, 11) is 1.55. The Balaban J connectivity index is 1.72. The fourth-order valence-electron chi connectivity index (χ4n) is 3.46. The van der Waals surface area contributed by atoms with Gasteiger partial charge in [-0.2, -0.15) is 0 Å². The third-order valence-electron chi connectivity index (χ3n) is 5.15. The average molecular weight is 470 g/mol. The first kappa shape index (κ1) is 21.9. The molecule has 32 heavy (non-hydrogen) atoms. The number of anilines is 1. The molecule has 2 heterocycles. The summed E-state index contributed by atoms with van der Waals surface area (Å²) in [5.74, 6) is 0.237. The van der Waals surface area contributed by atoms with Crippen LogP contribution in [0.25, 0.3) is 10.2 Å². The van der Waals surface area contributed by atoms with Crippen molar-refractivity contribution >= 4 is 44.7 Å². The number of amides is 1. The molecular weight excluding hydrogens is 450 g/mol. The zero-order valence-corrected chi connectivity index (χ0v) is 19.0. The summed E-state index contributed by atoms with van der Waals surface area (Å²) in [6.45, 7) is 1.63. The summed E-state index contributed by atoms with van der Waals surface area (Å²) in [5, 5.41) is 5.07. The van der Waals surface area contributed by atoms with Crippen molar-refractivity contribution in [2.75, 3.05) is 12.4 Å². The first-order valence-electron chi connectivity index (χ1n) is 9.77. The van der Waals surface area contributed by atoms with Gasteiger partial charge in [0.1, 0.15) is 17.0 Å². The maximum atomic E-state index is 13.3. The van der Waals surface area contributed by atoms with E-state index in [0.717, 1.165) is 15.7 Å². The van der Waals surface area contributed by atoms with Crippen LogP contribution in [-0.2, 0) is 17.9 Å². The fraction of sp³-hybridized carbons (Fsp3) is 0.174. The first-order chi connectivity index (χ1) is 15.4. The molecule has 164 valence electrons. The lowest BCUT2D eigenvalue weighted by Crippen LogP contribution is -2.41. The zero-order valence-electron chi connectivity index (χ0n) is 17.4. The molecule has 4 rings (SSSR count). The molecule has 0 saturated carbocycles. The van der Waals surface area contributed by atoms with Crippen LogP contribution in [0, 0.1) is 6.92 Å². The van der Waals surface area contributed by atoms with Gasteiger partial charge in [0.15, 0.2) is 0 Å². The van der Waals surface area contributed by atoms with E-state index < -0.39 is 11.6 Å². The van der Waals surface area contributed by atoms with Gasteiger partial charge in [0.25, 0.3) is 5.56 Å². The number of benzene rings is 2. The number of carbonyl (C=O) groups excluding carboxylic acids is 1. The van der Waals surface area contributed by atoms with Crippen LogP contribution in [0.4, 0.5) is 5.69 Å². The molecule has 4 aromatic rings. The van der Waals surface area contributed by atoms with Crippen molar-refractivity contribution in [2.45, 2.75) is 20.0 Å². The highest BCUT2D eigenvalue weighted by molar-refractivity contribution is 7.17. The van der Waals surface area contributed by atoms with Crippen LogP contribution in [0.2, 0.25) is 5.02 Å². The molecule has 1 N–H and O–H groups in total. The number of aromatic nitrogens is 2. The lowest BCUT2D eigenvalue weighted by atomic mass is 10.2. The molecule has 0 radical (unpaired) electrons. The maximum Gasteiger partial charge on any atom is 0.332 e. The number of nitrogens with one attached hydrogen (secondary N) is 1. The smallest absolute Gasteiger partial charge is 0.332 e. The predicted octanol–water partition coefficient (Wildman–Crippen LogP) is 3.88. The number of thiophene rings is 1. The second kappa shape index (κ2) is 9.02. The van der Waals surface area contributed by atoms with Gasteiger partial charge >= 0.3 is 5.69 Å². The summed E-state index contributed by atoms with van der Waals surface area (Å²) in [6, 6.07) is 14.1. The van der Waals surface area contributed by atoms with E-state index in [1.807, 2.05) is 6.07 Å². The lowest BCUT2D eigenvalue weighted by Gasteiger charge is -2.14. The van der Waals surface area contributed by atoms with Crippen LogP contribution in [-0.4, -0.2) is 22.2 Å². The van der Waals surface area contributed by atoms with E-state index in [9.17, 15) is 14.4 Å². The molecule has 0 unspecified atom stereocenters. The van der Waals surface area contributed by atoms with Gasteiger partial charge in [0, 0.05) is 10.7 Å². The Morgan fingerprint density at radius 3 is 2.69 bits per heavy atom. The van der Waals surface area contributed by atoms with Gasteiger partial charge in [0.05, 0.1) is 19.2 Å². The standard InChI is InChI=1S/C23H20ClN3O4S/c1-14-17(24)7-4-8-18(14)25-20(28)13-26-19-9-10-32-21(19)22(29)27(23(26)30)12-15-5-3-6-16(11-15)31-2/h3-11H,12-13H2,1-2H3,(H,25,28). The van der Waals surface area contributed by atoms with Crippen molar-refractivity contribution in [2.24, 2.45) is 0 Å². The van der Waals surface area contributed by atoms with Gasteiger partial charge in [-0.25, -0.2) is 4.79 Å². The molecule has 2 aromatic carbocycles. The van der Waals surface area contributed by atoms with E-state index in [1.165, 1.54) is 15.9 Å². The highest BCUT2D eigenvalue weighted by Gasteiger charge is 2.17. The van der Waals surface area contributed by atoms with Crippen molar-refractivity contribution in [3.63, 3.8) is 0 Å². The molecule has 0 saturated heterocycles. The van der Waals surface area contributed by atoms with E-state index in [2.05, 4.69) is 5.32 Å². The topological polar surface area (TPSA) is 82.3 Å². The Kier molecular flexibility index (Phi) is 6.16. The number of fused-ring (bicyclic) bond motifs is 1. The van der Waals surface area contributed by atoms with Crippen LogP contribution in [0.5, 0.6) is 5.75 Å². The molecule has 0 aliphatic heterocycles. The first-order valence-corrected chi connectivity index (χ1v) is 11.0. The molecule has 9 heteroatoms. The van der Waals surface area contributed by atoms with Gasteiger partial charge in [-0.3, -0.25) is 18.7 Å². The average Bonchev–Trinajstić information content (AvgIpc) is 3.27. The quantitative estimate of drug-likeness (QED) is 0.464. The van der Waals surface area contributed by atoms with E-state index >= 15 is 0 Å². The third kappa shape index (κ3) is 4.19. The summed E-state index contributed by atoms with van der Waals surface area (Å²) in [6.07, 6.45) is 0. The van der Waals surface area contributed by atoms with E-state index in [1.54, 1.807) is 61.9 Å². The third-order valence-corrected chi connectivity index (χ3v) is 6.46. The number of nitrogens with zero attached hydrogens (tertiary/aromatic N) is 2. The van der Waals surface area contributed by atoms with Crippen molar-refractivity contribution in [1.29, 1.82) is 0 Å². The Labute approximate surface area is 192 Å². The lowest BCUT2D eigenvalue weighted by molar-refractivity contribution is -0.116. The summed E-state index contributed by atoms with van der Waals surface area (Å²) in [5.41, 5.74) is 1.54. The van der Waals surface area contributed by atoms with E-state index in [4.69, 9.17) is 16.3 Å². The van der Waals surface area contributed by atoms with Crippen LogP contribution in [0.1, 0.15) is 11.1 Å².